The second-order valence-corrected chi connectivity index (χ2v) is 5.05. The van der Waals surface area contributed by atoms with Crippen LogP contribution in [-0.4, -0.2) is 18.1 Å². The highest BCUT2D eigenvalue weighted by Gasteiger charge is 2.06. The second-order valence-electron chi connectivity index (χ2n) is 5.05. The normalized spacial score (nSPS) is 12.6. The van der Waals surface area contributed by atoms with Crippen LogP contribution in [0.2, 0.25) is 0 Å². The molecule has 0 spiro atoms. The summed E-state index contributed by atoms with van der Waals surface area (Å²) in [7, 11) is 2.08. The summed E-state index contributed by atoms with van der Waals surface area (Å²) in [5, 5.41) is 3.44. The van der Waals surface area contributed by atoms with Gasteiger partial charge in [-0.25, -0.2) is 0 Å². The lowest BCUT2D eigenvalue weighted by atomic mass is 10.0. The summed E-state index contributed by atoms with van der Waals surface area (Å²) in [6.07, 6.45) is 12.3. The van der Waals surface area contributed by atoms with Crippen molar-refractivity contribution in [1.82, 2.24) is 10.3 Å². The number of nitrogens with one attached hydrogen (secondary N) is 1. The van der Waals surface area contributed by atoms with Crippen LogP contribution in [0.4, 0.5) is 0 Å². The van der Waals surface area contributed by atoms with Crippen molar-refractivity contribution in [2.45, 2.75) is 64.3 Å². The van der Waals surface area contributed by atoms with Crippen LogP contribution < -0.4 is 5.32 Å². The lowest BCUT2D eigenvalue weighted by Gasteiger charge is -2.15. The minimum Gasteiger partial charge on any atom is -0.317 e. The van der Waals surface area contributed by atoms with Gasteiger partial charge in [0.1, 0.15) is 0 Å². The van der Waals surface area contributed by atoms with E-state index in [0.717, 1.165) is 6.42 Å². The van der Waals surface area contributed by atoms with E-state index in [0.29, 0.717) is 6.04 Å². The van der Waals surface area contributed by atoms with Gasteiger partial charge in [-0.05, 0) is 38.4 Å². The van der Waals surface area contributed by atoms with Crippen LogP contribution in [0.3, 0.4) is 0 Å². The van der Waals surface area contributed by atoms with E-state index in [-0.39, 0.29) is 0 Å². The zero-order chi connectivity index (χ0) is 13.1. The molecular weight excluding hydrogens is 220 g/mol. The van der Waals surface area contributed by atoms with E-state index in [9.17, 15) is 0 Å². The molecule has 102 valence electrons. The first kappa shape index (κ1) is 15.2. The molecule has 18 heavy (non-hydrogen) atoms. The number of nitrogens with zero attached hydrogens (tertiary/aromatic N) is 1. The average molecular weight is 248 g/mol. The van der Waals surface area contributed by atoms with E-state index in [2.05, 4.69) is 36.4 Å². The summed E-state index contributed by atoms with van der Waals surface area (Å²) in [6.45, 7) is 2.27. The van der Waals surface area contributed by atoms with Crippen LogP contribution in [0.1, 0.15) is 57.6 Å². The highest BCUT2D eigenvalue weighted by molar-refractivity contribution is 5.03. The smallest absolute Gasteiger partial charge is 0.0404 e. The van der Waals surface area contributed by atoms with Crippen molar-refractivity contribution in [3.05, 3.63) is 30.1 Å². The summed E-state index contributed by atoms with van der Waals surface area (Å²) < 4.78 is 0. The highest BCUT2D eigenvalue weighted by atomic mass is 14.9. The predicted octanol–water partition coefficient (Wildman–Crippen LogP) is 3.96. The van der Waals surface area contributed by atoms with E-state index >= 15 is 0 Å². The van der Waals surface area contributed by atoms with Crippen molar-refractivity contribution in [3.8, 4) is 0 Å². The molecule has 0 amide bonds. The van der Waals surface area contributed by atoms with Gasteiger partial charge in [0, 0.05) is 17.9 Å². The summed E-state index contributed by atoms with van der Waals surface area (Å²) in [6, 6.07) is 6.82. The Kier molecular flexibility index (Phi) is 8.49. The van der Waals surface area contributed by atoms with Crippen LogP contribution in [0, 0.1) is 0 Å². The number of hydrogen-bond donors (Lipinski definition) is 1. The molecule has 2 heteroatoms. The third-order valence-corrected chi connectivity index (χ3v) is 3.54. The molecule has 1 unspecified atom stereocenters. The van der Waals surface area contributed by atoms with Gasteiger partial charge in [0.25, 0.3) is 0 Å². The minimum absolute atomic E-state index is 0.647. The Morgan fingerprint density at radius 3 is 2.61 bits per heavy atom. The van der Waals surface area contributed by atoms with Gasteiger partial charge in [-0.1, -0.05) is 45.1 Å². The van der Waals surface area contributed by atoms with Gasteiger partial charge >= 0.3 is 0 Å². The quantitative estimate of drug-likeness (QED) is 0.634. The Balaban J connectivity index is 2.13. The molecule has 1 aromatic rings. The molecular formula is C16H28N2. The second kappa shape index (κ2) is 10.1. The van der Waals surface area contributed by atoms with Crippen LogP contribution >= 0.6 is 0 Å². The number of aryl methyl sites for hydroxylation is 1. The fourth-order valence-corrected chi connectivity index (χ4v) is 2.30. The van der Waals surface area contributed by atoms with Crippen molar-refractivity contribution >= 4 is 0 Å². The molecule has 1 rings (SSSR count). The van der Waals surface area contributed by atoms with Crippen LogP contribution in [0.25, 0.3) is 0 Å². The van der Waals surface area contributed by atoms with Gasteiger partial charge in [0.05, 0.1) is 0 Å². The SMILES string of the molecule is CCCCCCCC(CCc1ccccn1)NC. The number of hydrogen-bond acceptors (Lipinski definition) is 2. The summed E-state index contributed by atoms with van der Waals surface area (Å²) in [5.74, 6) is 0. The molecule has 2 nitrogen and oxygen atoms in total. The summed E-state index contributed by atoms with van der Waals surface area (Å²) in [4.78, 5) is 4.38. The lowest BCUT2D eigenvalue weighted by Crippen LogP contribution is -2.25. The fraction of sp³-hybridized carbons (Fsp3) is 0.688. The Labute approximate surface area is 112 Å². The summed E-state index contributed by atoms with van der Waals surface area (Å²) >= 11 is 0. The van der Waals surface area contributed by atoms with Gasteiger partial charge in [-0.3, -0.25) is 4.98 Å². The zero-order valence-electron chi connectivity index (χ0n) is 12.0. The minimum atomic E-state index is 0.647. The first-order valence-electron chi connectivity index (χ1n) is 7.44. The molecule has 0 saturated heterocycles. The van der Waals surface area contributed by atoms with Crippen molar-refractivity contribution in [2.24, 2.45) is 0 Å². The monoisotopic (exact) mass is 248 g/mol. The lowest BCUT2D eigenvalue weighted by molar-refractivity contribution is 0.457. The molecule has 0 aromatic carbocycles. The third kappa shape index (κ3) is 6.75. The first-order valence-corrected chi connectivity index (χ1v) is 7.44. The maximum absolute atomic E-state index is 4.38. The third-order valence-electron chi connectivity index (χ3n) is 3.54. The number of rotatable bonds is 10. The van der Waals surface area contributed by atoms with Crippen molar-refractivity contribution in [1.29, 1.82) is 0 Å². The van der Waals surface area contributed by atoms with Gasteiger partial charge in [-0.2, -0.15) is 0 Å². The van der Waals surface area contributed by atoms with E-state index < -0.39 is 0 Å². The average Bonchev–Trinajstić information content (AvgIpc) is 2.43. The molecule has 0 aliphatic carbocycles. The van der Waals surface area contributed by atoms with Crippen molar-refractivity contribution in [2.75, 3.05) is 7.05 Å². The van der Waals surface area contributed by atoms with Crippen molar-refractivity contribution < 1.29 is 0 Å². The maximum atomic E-state index is 4.38. The Morgan fingerprint density at radius 1 is 1.11 bits per heavy atom. The molecule has 1 atom stereocenters. The van der Waals surface area contributed by atoms with Crippen LogP contribution in [0.5, 0.6) is 0 Å². The molecule has 0 radical (unpaired) electrons. The molecule has 0 saturated carbocycles. The molecule has 1 heterocycles. The van der Waals surface area contributed by atoms with E-state index in [4.69, 9.17) is 0 Å². The molecule has 0 fully saturated rings. The van der Waals surface area contributed by atoms with E-state index in [1.165, 1.54) is 50.6 Å². The molecule has 1 aromatic heterocycles. The molecule has 1 N–H and O–H groups in total. The molecule has 0 aliphatic rings. The van der Waals surface area contributed by atoms with Gasteiger partial charge < -0.3 is 5.32 Å². The fourth-order valence-electron chi connectivity index (χ4n) is 2.30. The first-order chi connectivity index (χ1) is 8.86. The van der Waals surface area contributed by atoms with Gasteiger partial charge in [0.15, 0.2) is 0 Å². The van der Waals surface area contributed by atoms with E-state index in [1.807, 2.05) is 12.3 Å². The van der Waals surface area contributed by atoms with Crippen LogP contribution in [0.15, 0.2) is 24.4 Å². The van der Waals surface area contributed by atoms with Crippen LogP contribution in [-0.2, 0) is 6.42 Å². The number of aromatic nitrogens is 1. The Bertz CT molecular complexity index is 284. The highest BCUT2D eigenvalue weighted by Crippen LogP contribution is 2.11. The zero-order valence-corrected chi connectivity index (χ0v) is 12.0. The van der Waals surface area contributed by atoms with Crippen molar-refractivity contribution in [3.63, 3.8) is 0 Å². The van der Waals surface area contributed by atoms with E-state index in [1.54, 1.807) is 0 Å². The standard InChI is InChI=1S/C16H28N2/c1-3-4-5-6-7-10-15(17-2)12-13-16-11-8-9-14-18-16/h8-9,11,14-15,17H,3-7,10,12-13H2,1-2H3. The molecule has 0 aliphatic heterocycles. The van der Waals surface area contributed by atoms with Gasteiger partial charge in [-0.15, -0.1) is 0 Å². The number of pyridine rings is 1. The Hall–Kier alpha value is -0.890. The maximum Gasteiger partial charge on any atom is 0.0404 e. The number of unbranched alkanes of at least 4 members (excludes halogenated alkanes) is 4. The Morgan fingerprint density at radius 2 is 1.94 bits per heavy atom. The topological polar surface area (TPSA) is 24.9 Å². The summed E-state index contributed by atoms with van der Waals surface area (Å²) in [5.41, 5.74) is 1.21. The molecule has 0 bridgehead atoms. The van der Waals surface area contributed by atoms with Gasteiger partial charge in [0.2, 0.25) is 0 Å². The predicted molar refractivity (Wildman–Crippen MR) is 78.8 cm³/mol. The largest absolute Gasteiger partial charge is 0.317 e.